The van der Waals surface area contributed by atoms with Gasteiger partial charge in [0.05, 0.1) is 5.51 Å². The van der Waals surface area contributed by atoms with Gasteiger partial charge in [0.2, 0.25) is 0 Å². The molecule has 1 fully saturated rings. The van der Waals surface area contributed by atoms with Crippen LogP contribution in [0.25, 0.3) is 0 Å². The van der Waals surface area contributed by atoms with Gasteiger partial charge in [0.15, 0.2) is 0 Å². The summed E-state index contributed by atoms with van der Waals surface area (Å²) < 4.78 is 5.27. The van der Waals surface area contributed by atoms with Gasteiger partial charge in [-0.1, -0.05) is 6.42 Å². The van der Waals surface area contributed by atoms with Crippen molar-refractivity contribution in [2.24, 2.45) is 5.92 Å². The average Bonchev–Trinajstić information content (AvgIpc) is 3.03. The monoisotopic (exact) mass is 311 g/mol. The molecule has 21 heavy (non-hydrogen) atoms. The summed E-state index contributed by atoms with van der Waals surface area (Å²) in [5.74, 6) is 0.477. The van der Waals surface area contributed by atoms with Crippen LogP contribution in [0.2, 0.25) is 0 Å². The minimum absolute atomic E-state index is 0.324. The Morgan fingerprint density at radius 1 is 1.48 bits per heavy atom. The lowest BCUT2D eigenvalue weighted by Gasteiger charge is -2.23. The number of nitrogens with zero attached hydrogens (tertiary/aromatic N) is 1. The van der Waals surface area contributed by atoms with Crippen LogP contribution in [0.15, 0.2) is 11.7 Å². The lowest BCUT2D eigenvalue weighted by molar-refractivity contribution is 0.0517. The van der Waals surface area contributed by atoms with Gasteiger partial charge in [-0.05, 0) is 39.5 Å². The molecule has 1 aromatic rings. The topological polar surface area (TPSA) is 63.2 Å². The lowest BCUT2D eigenvalue weighted by atomic mass is 10.0. The molecule has 6 heteroatoms. The Balaban J connectivity index is 1.73. The van der Waals surface area contributed by atoms with E-state index in [1.165, 1.54) is 17.7 Å². The summed E-state index contributed by atoms with van der Waals surface area (Å²) in [4.78, 5) is 17.0. The molecular weight excluding hydrogens is 286 g/mol. The Bertz CT molecular complexity index is 442. The van der Waals surface area contributed by atoms with E-state index >= 15 is 0 Å². The fourth-order valence-corrected chi connectivity index (χ4v) is 3.19. The van der Waals surface area contributed by atoms with E-state index in [1.807, 2.05) is 32.5 Å². The second-order valence-corrected chi connectivity index (χ2v) is 7.50. The van der Waals surface area contributed by atoms with Crippen LogP contribution >= 0.6 is 11.3 Å². The first kappa shape index (κ1) is 16.2. The maximum atomic E-state index is 11.7. The van der Waals surface area contributed by atoms with Gasteiger partial charge >= 0.3 is 6.09 Å². The highest BCUT2D eigenvalue weighted by molar-refractivity contribution is 7.09. The van der Waals surface area contributed by atoms with Crippen LogP contribution in [0.4, 0.5) is 4.79 Å². The molecule has 1 saturated carbocycles. The van der Waals surface area contributed by atoms with Crippen molar-refractivity contribution in [3.8, 4) is 0 Å². The molecule has 118 valence electrons. The first-order chi connectivity index (χ1) is 9.94. The smallest absolute Gasteiger partial charge is 0.407 e. The molecule has 0 spiro atoms. The molecule has 2 unspecified atom stereocenters. The number of nitrogens with one attached hydrogen (secondary N) is 2. The summed E-state index contributed by atoms with van der Waals surface area (Å²) in [6.45, 7) is 7.16. The second-order valence-electron chi connectivity index (χ2n) is 6.53. The standard InChI is InChI=1S/C15H25N3O2S/c1-15(2,3)20-14(19)18-7-11-5-4-6-13(11)17-9-12-8-16-10-21-12/h8,10-11,13,17H,4-7,9H2,1-3H3,(H,18,19). The van der Waals surface area contributed by atoms with E-state index in [0.717, 1.165) is 13.0 Å². The van der Waals surface area contributed by atoms with E-state index in [0.29, 0.717) is 18.5 Å². The first-order valence-electron chi connectivity index (χ1n) is 7.51. The van der Waals surface area contributed by atoms with Crippen LogP contribution in [0.1, 0.15) is 44.9 Å². The predicted molar refractivity (Wildman–Crippen MR) is 84.3 cm³/mol. The number of alkyl carbamates (subject to hydrolysis) is 1. The summed E-state index contributed by atoms with van der Waals surface area (Å²) in [5.41, 5.74) is 1.41. The number of amides is 1. The predicted octanol–water partition coefficient (Wildman–Crippen LogP) is 2.93. The molecule has 1 aliphatic rings. The Labute approximate surface area is 130 Å². The Hall–Kier alpha value is -1.14. The second kappa shape index (κ2) is 7.22. The summed E-state index contributed by atoms with van der Waals surface area (Å²) in [6, 6.07) is 0.460. The van der Waals surface area contributed by atoms with E-state index in [-0.39, 0.29) is 6.09 Å². The van der Waals surface area contributed by atoms with E-state index in [4.69, 9.17) is 4.74 Å². The number of ether oxygens (including phenoxy) is 1. The van der Waals surface area contributed by atoms with E-state index in [2.05, 4.69) is 15.6 Å². The molecule has 0 aromatic carbocycles. The average molecular weight is 311 g/mol. The summed E-state index contributed by atoms with van der Waals surface area (Å²) in [5, 5.41) is 6.48. The molecule has 1 heterocycles. The van der Waals surface area contributed by atoms with Crippen molar-refractivity contribution in [1.29, 1.82) is 0 Å². The van der Waals surface area contributed by atoms with Crippen molar-refractivity contribution in [1.82, 2.24) is 15.6 Å². The molecule has 0 bridgehead atoms. The Kier molecular flexibility index (Phi) is 5.58. The normalized spacial score (nSPS) is 22.2. The van der Waals surface area contributed by atoms with Gasteiger partial charge in [0.25, 0.3) is 0 Å². The van der Waals surface area contributed by atoms with Crippen molar-refractivity contribution in [3.05, 3.63) is 16.6 Å². The molecule has 2 rings (SSSR count). The number of hydrogen-bond acceptors (Lipinski definition) is 5. The first-order valence-corrected chi connectivity index (χ1v) is 8.39. The van der Waals surface area contributed by atoms with E-state index in [1.54, 1.807) is 11.3 Å². The molecule has 0 saturated heterocycles. The van der Waals surface area contributed by atoms with Gasteiger partial charge in [-0.15, -0.1) is 11.3 Å². The number of carbonyl (C=O) groups excluding carboxylic acids is 1. The van der Waals surface area contributed by atoms with E-state index in [9.17, 15) is 4.79 Å². The number of carbonyl (C=O) groups is 1. The van der Waals surface area contributed by atoms with Crippen LogP contribution < -0.4 is 10.6 Å². The fraction of sp³-hybridized carbons (Fsp3) is 0.733. The molecule has 0 radical (unpaired) electrons. The van der Waals surface area contributed by atoms with Crippen LogP contribution in [0.5, 0.6) is 0 Å². The van der Waals surface area contributed by atoms with Gasteiger partial charge in [-0.2, -0.15) is 0 Å². The minimum atomic E-state index is -0.441. The van der Waals surface area contributed by atoms with Crippen molar-refractivity contribution in [3.63, 3.8) is 0 Å². The molecule has 1 aromatic heterocycles. The fourth-order valence-electron chi connectivity index (χ4n) is 2.64. The quantitative estimate of drug-likeness (QED) is 0.877. The number of hydrogen-bond donors (Lipinski definition) is 2. The zero-order chi connectivity index (χ0) is 15.3. The van der Waals surface area contributed by atoms with Crippen molar-refractivity contribution in [2.45, 2.75) is 58.2 Å². The summed E-state index contributed by atoms with van der Waals surface area (Å²) in [7, 11) is 0. The molecule has 2 atom stereocenters. The molecule has 0 aliphatic heterocycles. The van der Waals surface area contributed by atoms with Crippen molar-refractivity contribution < 1.29 is 9.53 Å². The third kappa shape index (κ3) is 5.63. The maximum Gasteiger partial charge on any atom is 0.407 e. The highest BCUT2D eigenvalue weighted by Gasteiger charge is 2.27. The maximum absolute atomic E-state index is 11.7. The number of thiazole rings is 1. The van der Waals surface area contributed by atoms with E-state index < -0.39 is 5.60 Å². The van der Waals surface area contributed by atoms with Crippen LogP contribution in [0, 0.1) is 5.92 Å². The summed E-state index contributed by atoms with van der Waals surface area (Å²) in [6.07, 6.45) is 5.10. The highest BCUT2D eigenvalue weighted by Crippen LogP contribution is 2.25. The van der Waals surface area contributed by atoms with Gasteiger partial charge < -0.3 is 15.4 Å². The van der Waals surface area contributed by atoms with Crippen LogP contribution in [-0.4, -0.2) is 29.3 Å². The van der Waals surface area contributed by atoms with Gasteiger partial charge in [0, 0.05) is 30.2 Å². The minimum Gasteiger partial charge on any atom is -0.444 e. The number of rotatable bonds is 5. The zero-order valence-corrected chi connectivity index (χ0v) is 13.8. The van der Waals surface area contributed by atoms with Gasteiger partial charge in [-0.3, -0.25) is 4.98 Å². The van der Waals surface area contributed by atoms with Crippen molar-refractivity contribution in [2.75, 3.05) is 6.54 Å². The Morgan fingerprint density at radius 2 is 2.29 bits per heavy atom. The highest BCUT2D eigenvalue weighted by atomic mass is 32.1. The Morgan fingerprint density at radius 3 is 2.95 bits per heavy atom. The molecule has 5 nitrogen and oxygen atoms in total. The van der Waals surface area contributed by atoms with Crippen molar-refractivity contribution >= 4 is 17.4 Å². The van der Waals surface area contributed by atoms with Gasteiger partial charge in [-0.25, -0.2) is 4.79 Å². The molecule has 2 N–H and O–H groups in total. The van der Waals surface area contributed by atoms with Gasteiger partial charge in [0.1, 0.15) is 5.60 Å². The largest absolute Gasteiger partial charge is 0.444 e. The summed E-state index contributed by atoms with van der Waals surface area (Å²) >= 11 is 1.67. The van der Waals surface area contributed by atoms with Crippen LogP contribution in [0.3, 0.4) is 0 Å². The number of aromatic nitrogens is 1. The molecule has 1 aliphatic carbocycles. The van der Waals surface area contributed by atoms with Crippen LogP contribution in [-0.2, 0) is 11.3 Å². The molecule has 1 amide bonds. The molecular formula is C15H25N3O2S. The third-order valence-corrected chi connectivity index (χ3v) is 4.37. The SMILES string of the molecule is CC(C)(C)OC(=O)NCC1CCCC1NCc1cncs1. The third-order valence-electron chi connectivity index (χ3n) is 3.59. The zero-order valence-electron chi connectivity index (χ0n) is 13.0. The lowest BCUT2D eigenvalue weighted by Crippen LogP contribution is -2.40.